The van der Waals surface area contributed by atoms with Crippen molar-refractivity contribution in [3.8, 4) is 5.75 Å². The van der Waals surface area contributed by atoms with Crippen LogP contribution in [0.25, 0.3) is 0 Å². The molecule has 1 N–H and O–H groups in total. The molecule has 8 nitrogen and oxygen atoms in total. The third-order valence-corrected chi connectivity index (χ3v) is 4.72. The number of rotatable bonds is 7. The molecule has 3 aromatic rings. The SMILES string of the molecule is C=CCOC(=O)C1=C(C)Nc2nnnn2C1c1ccccc1OCc1ccccc1. The second-order valence-electron chi connectivity index (χ2n) is 6.71. The van der Waals surface area contributed by atoms with Crippen LogP contribution in [0.15, 0.2) is 78.5 Å². The quantitative estimate of drug-likeness (QED) is 0.478. The number of hydrogen-bond donors (Lipinski definition) is 1. The number of benzene rings is 2. The largest absolute Gasteiger partial charge is 0.489 e. The van der Waals surface area contributed by atoms with E-state index in [1.165, 1.54) is 6.08 Å². The Kier molecular flexibility index (Phi) is 5.56. The van der Waals surface area contributed by atoms with Crippen molar-refractivity contribution in [1.82, 2.24) is 20.2 Å². The molecule has 0 amide bonds. The van der Waals surface area contributed by atoms with Gasteiger partial charge in [0.15, 0.2) is 0 Å². The zero-order valence-electron chi connectivity index (χ0n) is 16.5. The Morgan fingerprint density at radius 2 is 1.97 bits per heavy atom. The van der Waals surface area contributed by atoms with E-state index < -0.39 is 12.0 Å². The maximum atomic E-state index is 12.9. The number of allylic oxidation sites excluding steroid dienone is 1. The second kappa shape index (κ2) is 8.60. The van der Waals surface area contributed by atoms with Crippen LogP contribution in [-0.4, -0.2) is 32.8 Å². The maximum absolute atomic E-state index is 12.9. The first-order valence-electron chi connectivity index (χ1n) is 9.48. The minimum Gasteiger partial charge on any atom is -0.489 e. The van der Waals surface area contributed by atoms with Gasteiger partial charge in [0, 0.05) is 11.3 Å². The zero-order valence-corrected chi connectivity index (χ0v) is 16.5. The number of nitrogens with one attached hydrogen (secondary N) is 1. The molecule has 1 aliphatic rings. The van der Waals surface area contributed by atoms with Gasteiger partial charge in [-0.2, -0.15) is 4.68 Å². The Morgan fingerprint density at radius 1 is 1.20 bits per heavy atom. The molecular formula is C22H21N5O3. The number of esters is 1. The van der Waals surface area contributed by atoms with E-state index in [4.69, 9.17) is 9.47 Å². The summed E-state index contributed by atoms with van der Waals surface area (Å²) >= 11 is 0. The molecule has 1 aliphatic heterocycles. The highest BCUT2D eigenvalue weighted by atomic mass is 16.5. The highest BCUT2D eigenvalue weighted by Crippen LogP contribution is 2.39. The van der Waals surface area contributed by atoms with Gasteiger partial charge in [-0.3, -0.25) is 0 Å². The van der Waals surface area contributed by atoms with Gasteiger partial charge in [0.05, 0.1) is 5.57 Å². The van der Waals surface area contributed by atoms with Gasteiger partial charge in [0.1, 0.15) is 25.0 Å². The summed E-state index contributed by atoms with van der Waals surface area (Å²) in [6.45, 7) is 5.90. The van der Waals surface area contributed by atoms with E-state index in [1.807, 2.05) is 54.6 Å². The lowest BCUT2D eigenvalue weighted by Crippen LogP contribution is -2.30. The Morgan fingerprint density at radius 3 is 2.77 bits per heavy atom. The predicted molar refractivity (Wildman–Crippen MR) is 111 cm³/mol. The summed E-state index contributed by atoms with van der Waals surface area (Å²) in [5.41, 5.74) is 2.83. The first-order valence-corrected chi connectivity index (χ1v) is 9.48. The molecule has 0 radical (unpaired) electrons. The van der Waals surface area contributed by atoms with Crippen LogP contribution >= 0.6 is 0 Å². The van der Waals surface area contributed by atoms with Crippen LogP contribution in [-0.2, 0) is 16.1 Å². The van der Waals surface area contributed by atoms with Crippen molar-refractivity contribution in [2.45, 2.75) is 19.6 Å². The first kappa shape index (κ1) is 19.4. The lowest BCUT2D eigenvalue weighted by Gasteiger charge is -2.28. The Bertz CT molecular complexity index is 1090. The van der Waals surface area contributed by atoms with Gasteiger partial charge < -0.3 is 14.8 Å². The number of tetrazole rings is 1. The van der Waals surface area contributed by atoms with Crippen molar-refractivity contribution < 1.29 is 14.3 Å². The van der Waals surface area contributed by atoms with Crippen LogP contribution in [0.4, 0.5) is 5.95 Å². The van der Waals surface area contributed by atoms with Crippen molar-refractivity contribution in [1.29, 1.82) is 0 Å². The van der Waals surface area contributed by atoms with Crippen LogP contribution < -0.4 is 10.1 Å². The van der Waals surface area contributed by atoms with Crippen LogP contribution in [0.3, 0.4) is 0 Å². The van der Waals surface area contributed by atoms with Crippen molar-refractivity contribution in [3.05, 3.63) is 89.6 Å². The summed E-state index contributed by atoms with van der Waals surface area (Å²) in [5, 5.41) is 14.9. The molecule has 0 spiro atoms. The molecule has 2 heterocycles. The van der Waals surface area contributed by atoms with E-state index in [2.05, 4.69) is 27.4 Å². The number of carbonyl (C=O) groups is 1. The third-order valence-electron chi connectivity index (χ3n) is 4.72. The van der Waals surface area contributed by atoms with Gasteiger partial charge in [0.2, 0.25) is 5.95 Å². The lowest BCUT2D eigenvalue weighted by molar-refractivity contribution is -0.138. The molecule has 0 fully saturated rings. The molecule has 0 saturated carbocycles. The number of nitrogens with zero attached hydrogens (tertiary/aromatic N) is 4. The van der Waals surface area contributed by atoms with Gasteiger partial charge >= 0.3 is 5.97 Å². The summed E-state index contributed by atoms with van der Waals surface area (Å²) in [6, 6.07) is 16.8. The monoisotopic (exact) mass is 403 g/mol. The fourth-order valence-electron chi connectivity index (χ4n) is 3.35. The normalized spacial score (nSPS) is 15.2. The minimum atomic E-state index is -0.597. The third kappa shape index (κ3) is 3.80. The molecule has 4 rings (SSSR count). The minimum absolute atomic E-state index is 0.108. The summed E-state index contributed by atoms with van der Waals surface area (Å²) in [7, 11) is 0. The highest BCUT2D eigenvalue weighted by molar-refractivity contribution is 5.92. The number of aromatic nitrogens is 4. The molecule has 0 aliphatic carbocycles. The average molecular weight is 403 g/mol. The second-order valence-corrected chi connectivity index (χ2v) is 6.71. The molecule has 1 atom stereocenters. The number of ether oxygens (including phenoxy) is 2. The molecule has 1 aromatic heterocycles. The van der Waals surface area contributed by atoms with E-state index in [1.54, 1.807) is 11.6 Å². The van der Waals surface area contributed by atoms with Gasteiger partial charge in [-0.25, -0.2) is 4.79 Å². The molecule has 0 saturated heterocycles. The fraction of sp³-hybridized carbons (Fsp3) is 0.182. The number of hydrogen-bond acceptors (Lipinski definition) is 7. The van der Waals surface area contributed by atoms with Gasteiger partial charge in [0.25, 0.3) is 0 Å². The van der Waals surface area contributed by atoms with Crippen molar-refractivity contribution in [2.75, 3.05) is 11.9 Å². The summed E-state index contributed by atoms with van der Waals surface area (Å²) in [6.07, 6.45) is 1.53. The lowest BCUT2D eigenvalue weighted by atomic mass is 9.95. The van der Waals surface area contributed by atoms with E-state index in [9.17, 15) is 4.79 Å². The van der Waals surface area contributed by atoms with E-state index >= 15 is 0 Å². The Hall–Kier alpha value is -3.94. The molecule has 2 aromatic carbocycles. The Labute approximate surface area is 173 Å². The van der Waals surface area contributed by atoms with Crippen LogP contribution in [0, 0.1) is 0 Å². The molecule has 8 heteroatoms. The fourth-order valence-corrected chi connectivity index (χ4v) is 3.35. The summed E-state index contributed by atoms with van der Waals surface area (Å²) in [5.74, 6) is 0.607. The van der Waals surface area contributed by atoms with Crippen molar-refractivity contribution in [2.24, 2.45) is 0 Å². The zero-order chi connectivity index (χ0) is 20.9. The maximum Gasteiger partial charge on any atom is 0.338 e. The van der Waals surface area contributed by atoms with E-state index in [0.29, 0.717) is 29.6 Å². The summed E-state index contributed by atoms with van der Waals surface area (Å²) in [4.78, 5) is 12.9. The molecule has 0 bridgehead atoms. The van der Waals surface area contributed by atoms with Gasteiger partial charge in [-0.15, -0.1) is 0 Å². The van der Waals surface area contributed by atoms with Crippen LogP contribution in [0.5, 0.6) is 5.75 Å². The van der Waals surface area contributed by atoms with Crippen molar-refractivity contribution in [3.63, 3.8) is 0 Å². The Balaban J connectivity index is 1.73. The van der Waals surface area contributed by atoms with E-state index in [0.717, 1.165) is 11.1 Å². The van der Waals surface area contributed by atoms with Gasteiger partial charge in [-0.1, -0.05) is 66.3 Å². The standard InChI is InChI=1S/C22H21N5O3/c1-3-13-29-21(28)19-15(2)23-22-24-25-26-27(22)20(19)17-11-7-8-12-18(17)30-14-16-9-5-4-6-10-16/h3-12,20H,1,13-14H2,2H3,(H,23,24,26). The predicted octanol–water partition coefficient (Wildman–Crippen LogP) is 3.27. The summed E-state index contributed by atoms with van der Waals surface area (Å²) < 4.78 is 13.0. The smallest absolute Gasteiger partial charge is 0.338 e. The van der Waals surface area contributed by atoms with Gasteiger partial charge in [-0.05, 0) is 29.0 Å². The molecule has 1 unspecified atom stereocenters. The molecule has 152 valence electrons. The topological polar surface area (TPSA) is 91.2 Å². The average Bonchev–Trinajstić information content (AvgIpc) is 3.24. The number of anilines is 1. The molecule has 30 heavy (non-hydrogen) atoms. The van der Waals surface area contributed by atoms with E-state index in [-0.39, 0.29) is 6.61 Å². The first-order chi connectivity index (χ1) is 14.7. The van der Waals surface area contributed by atoms with Crippen molar-refractivity contribution >= 4 is 11.9 Å². The van der Waals surface area contributed by atoms with Crippen LogP contribution in [0.1, 0.15) is 24.1 Å². The van der Waals surface area contributed by atoms with Crippen LogP contribution in [0.2, 0.25) is 0 Å². The number of fused-ring (bicyclic) bond motifs is 1. The molecular weight excluding hydrogens is 382 g/mol. The highest BCUT2D eigenvalue weighted by Gasteiger charge is 2.36. The number of para-hydroxylation sites is 1. The number of carbonyl (C=O) groups excluding carboxylic acids is 1.